The highest BCUT2D eigenvalue weighted by atomic mass is 35.5. The first kappa shape index (κ1) is 21.2. The highest BCUT2D eigenvalue weighted by Gasteiger charge is 2.38. The van der Waals surface area contributed by atoms with Gasteiger partial charge >= 0.3 is 0 Å². The summed E-state index contributed by atoms with van der Waals surface area (Å²) < 4.78 is 30.5. The molecule has 1 fully saturated rings. The number of ketones is 1. The lowest BCUT2D eigenvalue weighted by atomic mass is 9.90. The molecule has 1 atom stereocenters. The summed E-state index contributed by atoms with van der Waals surface area (Å²) in [5, 5.41) is 1.02. The van der Waals surface area contributed by atoms with Crippen molar-refractivity contribution in [3.8, 4) is 0 Å². The number of thiophene rings is 1. The van der Waals surface area contributed by atoms with Gasteiger partial charge in [0.2, 0.25) is 10.0 Å². The molecule has 0 aliphatic carbocycles. The summed E-state index contributed by atoms with van der Waals surface area (Å²) in [6.07, 6.45) is 3.99. The number of hydrogen-bond donors (Lipinski definition) is 1. The molecule has 1 unspecified atom stereocenters. The smallest absolute Gasteiger partial charge is 0.250 e. The molecule has 0 amide bonds. The monoisotopic (exact) mass is 477 g/mol. The van der Waals surface area contributed by atoms with Gasteiger partial charge in [0.15, 0.2) is 5.78 Å². The zero-order chi connectivity index (χ0) is 21.6. The summed E-state index contributed by atoms with van der Waals surface area (Å²) in [6, 6.07) is 11.4. The van der Waals surface area contributed by atoms with E-state index >= 15 is 0 Å². The van der Waals surface area contributed by atoms with Gasteiger partial charge in [0.25, 0.3) is 0 Å². The predicted octanol–water partition coefficient (Wildman–Crippen LogP) is 4.45. The lowest BCUT2D eigenvalue weighted by Crippen LogP contribution is -2.42. The molecule has 0 radical (unpaired) electrons. The molecule has 1 aromatic carbocycles. The fourth-order valence-corrected chi connectivity index (χ4v) is 7.52. The number of Topliss-reactive ketones (excluding diaryl/α,β-unsaturated/α-hetero) is 1. The molecule has 0 saturated carbocycles. The molecule has 5 rings (SSSR count). The van der Waals surface area contributed by atoms with Crippen LogP contribution in [0.2, 0.25) is 4.34 Å². The Bertz CT molecular complexity index is 1250. The van der Waals surface area contributed by atoms with E-state index in [9.17, 15) is 13.2 Å². The second-order valence-electron chi connectivity index (χ2n) is 8.14. The number of halogens is 1. The number of para-hydroxylation sites is 1. The quantitative estimate of drug-likeness (QED) is 0.532. The van der Waals surface area contributed by atoms with Crippen LogP contribution in [-0.2, 0) is 16.6 Å². The summed E-state index contributed by atoms with van der Waals surface area (Å²) in [6.45, 7) is 2.43. The minimum absolute atomic E-state index is 0.193. The summed E-state index contributed by atoms with van der Waals surface area (Å²) in [5.74, 6) is 0.193. The first-order valence-corrected chi connectivity index (χ1v) is 13.3. The summed E-state index contributed by atoms with van der Waals surface area (Å²) in [7, 11) is -3.56. The lowest BCUT2D eigenvalue weighted by molar-refractivity contribution is 0.0777. The van der Waals surface area contributed by atoms with Crippen molar-refractivity contribution >= 4 is 49.6 Å². The molecule has 9 heteroatoms. The number of carbonyl (C=O) groups excluding carboxylic acids is 1. The van der Waals surface area contributed by atoms with Crippen molar-refractivity contribution < 1.29 is 13.2 Å². The molecule has 31 heavy (non-hydrogen) atoms. The van der Waals surface area contributed by atoms with Crippen LogP contribution in [0.15, 0.2) is 40.6 Å². The Balaban J connectivity index is 1.41. The first-order chi connectivity index (χ1) is 15.0. The lowest BCUT2D eigenvalue weighted by Gasteiger charge is -2.39. The third-order valence-corrected chi connectivity index (χ3v) is 9.41. The van der Waals surface area contributed by atoms with Gasteiger partial charge in [-0.25, -0.2) is 13.1 Å². The standard InChI is InChI=1S/C22H24ClN3O3S2/c23-19-9-10-20(30-19)31(28,29)24-11-5-13-26-16-7-2-1-6-15(16)21-18(27)14-25-12-4-3-8-17(25)22(21)26/h1-2,6-7,9-10,17,24H,3-5,8,11-14H2. The molecule has 1 N–H and O–H groups in total. The number of aromatic nitrogens is 1. The molecule has 0 spiro atoms. The van der Waals surface area contributed by atoms with E-state index in [0.29, 0.717) is 30.4 Å². The predicted molar refractivity (Wildman–Crippen MR) is 124 cm³/mol. The molecule has 2 aliphatic heterocycles. The van der Waals surface area contributed by atoms with E-state index in [4.69, 9.17) is 11.6 Å². The Morgan fingerprint density at radius 3 is 2.81 bits per heavy atom. The van der Waals surface area contributed by atoms with Crippen LogP contribution >= 0.6 is 22.9 Å². The molecule has 2 aromatic heterocycles. The molecule has 164 valence electrons. The van der Waals surface area contributed by atoms with Crippen molar-refractivity contribution in [3.05, 3.63) is 52.0 Å². The van der Waals surface area contributed by atoms with E-state index in [1.165, 1.54) is 12.5 Å². The highest BCUT2D eigenvalue weighted by Crippen LogP contribution is 2.41. The zero-order valence-corrected chi connectivity index (χ0v) is 19.4. The normalized spacial score (nSPS) is 19.5. The van der Waals surface area contributed by atoms with Gasteiger partial charge in [0, 0.05) is 35.2 Å². The fourth-order valence-electron chi connectivity index (χ4n) is 4.91. The van der Waals surface area contributed by atoms with Gasteiger partial charge in [-0.1, -0.05) is 36.2 Å². The number of benzene rings is 1. The number of sulfonamides is 1. The third kappa shape index (κ3) is 3.85. The van der Waals surface area contributed by atoms with Crippen molar-refractivity contribution in [3.63, 3.8) is 0 Å². The van der Waals surface area contributed by atoms with Crippen molar-refractivity contribution in [2.24, 2.45) is 0 Å². The third-order valence-electron chi connectivity index (χ3n) is 6.23. The summed E-state index contributed by atoms with van der Waals surface area (Å²) in [5.41, 5.74) is 3.04. The van der Waals surface area contributed by atoms with Gasteiger partial charge in [0.1, 0.15) is 4.21 Å². The van der Waals surface area contributed by atoms with Crippen LogP contribution in [0.25, 0.3) is 10.9 Å². The molecule has 3 aromatic rings. The largest absolute Gasteiger partial charge is 0.342 e. The number of nitrogens with zero attached hydrogens (tertiary/aromatic N) is 2. The van der Waals surface area contributed by atoms with E-state index in [1.807, 2.05) is 18.2 Å². The van der Waals surface area contributed by atoms with E-state index < -0.39 is 10.0 Å². The Hall–Kier alpha value is -1.71. The van der Waals surface area contributed by atoms with Crippen LogP contribution in [0.4, 0.5) is 0 Å². The SMILES string of the molecule is O=C1CN2CCCCC2c2c1c1ccccc1n2CCCNS(=O)(=O)c1ccc(Cl)s1. The number of nitrogens with one attached hydrogen (secondary N) is 1. The number of aryl methyl sites for hydroxylation is 1. The Labute approximate surface area is 190 Å². The van der Waals surface area contributed by atoms with Crippen molar-refractivity contribution in [2.45, 2.75) is 42.5 Å². The maximum atomic E-state index is 13.0. The zero-order valence-electron chi connectivity index (χ0n) is 17.0. The van der Waals surface area contributed by atoms with Crippen molar-refractivity contribution in [1.29, 1.82) is 0 Å². The maximum Gasteiger partial charge on any atom is 0.250 e. The molecule has 0 bridgehead atoms. The van der Waals surface area contributed by atoms with Crippen LogP contribution in [0, 0.1) is 0 Å². The van der Waals surface area contributed by atoms with Crippen LogP contribution in [0.3, 0.4) is 0 Å². The Morgan fingerprint density at radius 2 is 2.00 bits per heavy atom. The average molecular weight is 478 g/mol. The fraction of sp³-hybridized carbons (Fsp3) is 0.409. The van der Waals surface area contributed by atoms with Crippen LogP contribution < -0.4 is 4.72 Å². The van der Waals surface area contributed by atoms with E-state index in [-0.39, 0.29) is 16.0 Å². The molecular weight excluding hydrogens is 454 g/mol. The average Bonchev–Trinajstić information content (AvgIpc) is 3.34. The van der Waals surface area contributed by atoms with Crippen molar-refractivity contribution in [2.75, 3.05) is 19.6 Å². The first-order valence-electron chi connectivity index (χ1n) is 10.6. The minimum Gasteiger partial charge on any atom is -0.342 e. The maximum absolute atomic E-state index is 13.0. The van der Waals surface area contributed by atoms with Gasteiger partial charge in [0.05, 0.1) is 16.9 Å². The Kier molecular flexibility index (Phi) is 5.68. The number of hydrogen-bond acceptors (Lipinski definition) is 5. The molecular formula is C22H24ClN3O3S2. The van der Waals surface area contributed by atoms with Gasteiger partial charge < -0.3 is 4.57 Å². The van der Waals surface area contributed by atoms with E-state index in [0.717, 1.165) is 52.9 Å². The van der Waals surface area contributed by atoms with Gasteiger partial charge in [-0.2, -0.15) is 0 Å². The molecule has 6 nitrogen and oxygen atoms in total. The van der Waals surface area contributed by atoms with Crippen LogP contribution in [0.1, 0.15) is 47.8 Å². The number of carbonyl (C=O) groups is 1. The summed E-state index contributed by atoms with van der Waals surface area (Å²) >= 11 is 6.93. The summed E-state index contributed by atoms with van der Waals surface area (Å²) in [4.78, 5) is 15.3. The molecule has 2 aliphatic rings. The van der Waals surface area contributed by atoms with Gasteiger partial charge in [-0.3, -0.25) is 9.69 Å². The van der Waals surface area contributed by atoms with Gasteiger partial charge in [-0.15, -0.1) is 11.3 Å². The topological polar surface area (TPSA) is 71.4 Å². The second-order valence-corrected chi connectivity index (χ2v) is 11.9. The van der Waals surface area contributed by atoms with E-state index in [2.05, 4.69) is 20.3 Å². The van der Waals surface area contributed by atoms with Crippen LogP contribution in [0.5, 0.6) is 0 Å². The number of rotatable bonds is 6. The second kappa shape index (κ2) is 8.33. The van der Waals surface area contributed by atoms with Gasteiger partial charge in [-0.05, 0) is 44.0 Å². The molecule has 4 heterocycles. The number of piperidine rings is 1. The van der Waals surface area contributed by atoms with Crippen LogP contribution in [-0.4, -0.2) is 43.3 Å². The highest BCUT2D eigenvalue weighted by molar-refractivity contribution is 7.91. The Morgan fingerprint density at radius 1 is 1.16 bits per heavy atom. The minimum atomic E-state index is -3.56. The number of fused-ring (bicyclic) bond motifs is 5. The van der Waals surface area contributed by atoms with Crippen molar-refractivity contribution in [1.82, 2.24) is 14.2 Å². The molecule has 1 saturated heterocycles. The van der Waals surface area contributed by atoms with E-state index in [1.54, 1.807) is 6.07 Å².